The lowest BCUT2D eigenvalue weighted by Gasteiger charge is -2.22. The van der Waals surface area contributed by atoms with Gasteiger partial charge in [-0.1, -0.05) is 12.1 Å². The van der Waals surface area contributed by atoms with Gasteiger partial charge in [0.2, 0.25) is 5.91 Å². The summed E-state index contributed by atoms with van der Waals surface area (Å²) in [6.07, 6.45) is 5.48. The lowest BCUT2D eigenvalue weighted by Crippen LogP contribution is -2.28. The second kappa shape index (κ2) is 8.54. The van der Waals surface area contributed by atoms with Gasteiger partial charge < -0.3 is 15.2 Å². The van der Waals surface area contributed by atoms with Crippen LogP contribution in [0.25, 0.3) is 0 Å². The molecule has 1 aromatic rings. The molecule has 1 unspecified atom stereocenters. The van der Waals surface area contributed by atoms with E-state index >= 15 is 0 Å². The van der Waals surface area contributed by atoms with E-state index in [0.717, 1.165) is 31.4 Å². The number of aromatic carboxylic acids is 1. The Morgan fingerprint density at radius 1 is 1.32 bits per heavy atom. The molecule has 2 N–H and O–H groups in total. The average molecular weight is 305 g/mol. The van der Waals surface area contributed by atoms with E-state index in [9.17, 15) is 9.59 Å². The average Bonchev–Trinajstić information content (AvgIpc) is 2.54. The van der Waals surface area contributed by atoms with Crippen molar-refractivity contribution in [3.63, 3.8) is 0 Å². The summed E-state index contributed by atoms with van der Waals surface area (Å²) in [5, 5.41) is 11.8. The molecule has 1 amide bonds. The third kappa shape index (κ3) is 5.48. The first kappa shape index (κ1) is 16.5. The number of hydrogen-bond donors (Lipinski definition) is 2. The topological polar surface area (TPSA) is 75.6 Å². The van der Waals surface area contributed by atoms with Crippen molar-refractivity contribution in [3.8, 4) is 0 Å². The molecule has 1 saturated heterocycles. The molecule has 0 bridgehead atoms. The van der Waals surface area contributed by atoms with Crippen molar-refractivity contribution >= 4 is 11.9 Å². The summed E-state index contributed by atoms with van der Waals surface area (Å²) in [5.74, 6) is -0.901. The zero-order valence-electron chi connectivity index (χ0n) is 12.7. The van der Waals surface area contributed by atoms with Crippen molar-refractivity contribution in [1.29, 1.82) is 0 Å². The Bertz CT molecular complexity index is 509. The molecule has 5 heteroatoms. The minimum atomic E-state index is -0.932. The molecule has 0 aliphatic carbocycles. The van der Waals surface area contributed by atoms with E-state index < -0.39 is 5.97 Å². The van der Waals surface area contributed by atoms with Gasteiger partial charge in [-0.15, -0.1) is 0 Å². The van der Waals surface area contributed by atoms with Gasteiger partial charge in [-0.05, 0) is 49.8 Å². The molecule has 5 nitrogen and oxygen atoms in total. The first-order valence-electron chi connectivity index (χ1n) is 7.85. The van der Waals surface area contributed by atoms with Gasteiger partial charge in [0.15, 0.2) is 0 Å². The van der Waals surface area contributed by atoms with Crippen LogP contribution in [0.3, 0.4) is 0 Å². The highest BCUT2D eigenvalue weighted by atomic mass is 16.5. The quantitative estimate of drug-likeness (QED) is 0.811. The van der Waals surface area contributed by atoms with Crippen LogP contribution in [-0.2, 0) is 16.0 Å². The Labute approximate surface area is 130 Å². The third-order valence-electron chi connectivity index (χ3n) is 3.88. The first-order chi connectivity index (χ1) is 10.6. The molecule has 0 aromatic heterocycles. The maximum absolute atomic E-state index is 11.8. The number of carboxylic acid groups (broad SMARTS) is 1. The second-order valence-electron chi connectivity index (χ2n) is 5.63. The highest BCUT2D eigenvalue weighted by molar-refractivity contribution is 5.87. The predicted octanol–water partition coefficient (Wildman–Crippen LogP) is 2.39. The van der Waals surface area contributed by atoms with E-state index in [-0.39, 0.29) is 17.6 Å². The lowest BCUT2D eigenvalue weighted by atomic mass is 10.0. The van der Waals surface area contributed by atoms with E-state index in [0.29, 0.717) is 19.4 Å². The number of hydrogen-bond acceptors (Lipinski definition) is 3. The number of rotatable bonds is 7. The van der Waals surface area contributed by atoms with E-state index in [1.54, 1.807) is 18.2 Å². The zero-order chi connectivity index (χ0) is 15.8. The van der Waals surface area contributed by atoms with Crippen LogP contribution in [0.15, 0.2) is 24.3 Å². The molecule has 120 valence electrons. The number of carbonyl (C=O) groups excluding carboxylic acids is 1. The van der Waals surface area contributed by atoms with Crippen LogP contribution in [0.5, 0.6) is 0 Å². The summed E-state index contributed by atoms with van der Waals surface area (Å²) >= 11 is 0. The van der Waals surface area contributed by atoms with E-state index in [4.69, 9.17) is 9.84 Å². The van der Waals surface area contributed by atoms with E-state index in [1.807, 2.05) is 6.07 Å². The van der Waals surface area contributed by atoms with Gasteiger partial charge in [0.05, 0.1) is 11.7 Å². The van der Waals surface area contributed by atoms with Crippen molar-refractivity contribution in [2.75, 3.05) is 13.2 Å². The SMILES string of the molecule is O=C(CCC1CCCCO1)NCCc1cccc(C(=O)O)c1. The van der Waals surface area contributed by atoms with Gasteiger partial charge in [-0.2, -0.15) is 0 Å². The van der Waals surface area contributed by atoms with Crippen LogP contribution in [0, 0.1) is 0 Å². The molecule has 1 atom stereocenters. The molecule has 1 aromatic carbocycles. The highest BCUT2D eigenvalue weighted by Crippen LogP contribution is 2.16. The zero-order valence-corrected chi connectivity index (χ0v) is 12.7. The van der Waals surface area contributed by atoms with Crippen molar-refractivity contribution in [2.45, 2.75) is 44.6 Å². The predicted molar refractivity (Wildman–Crippen MR) is 82.9 cm³/mol. The largest absolute Gasteiger partial charge is 0.478 e. The Morgan fingerprint density at radius 2 is 2.18 bits per heavy atom. The first-order valence-corrected chi connectivity index (χ1v) is 7.85. The monoisotopic (exact) mass is 305 g/mol. The maximum Gasteiger partial charge on any atom is 0.335 e. The summed E-state index contributed by atoms with van der Waals surface area (Å²) in [7, 11) is 0. The summed E-state index contributed by atoms with van der Waals surface area (Å²) in [6, 6.07) is 6.80. The van der Waals surface area contributed by atoms with Crippen LogP contribution in [0.4, 0.5) is 0 Å². The molecule has 0 radical (unpaired) electrons. The minimum absolute atomic E-state index is 0.0311. The highest BCUT2D eigenvalue weighted by Gasteiger charge is 2.15. The molecule has 0 spiro atoms. The summed E-state index contributed by atoms with van der Waals surface area (Å²) in [4.78, 5) is 22.7. The van der Waals surface area contributed by atoms with Crippen molar-refractivity contribution in [1.82, 2.24) is 5.32 Å². The van der Waals surface area contributed by atoms with Crippen molar-refractivity contribution in [3.05, 3.63) is 35.4 Å². The molecule has 1 heterocycles. The Balaban J connectivity index is 1.66. The number of amides is 1. The van der Waals surface area contributed by atoms with Gasteiger partial charge in [-0.25, -0.2) is 4.79 Å². The number of benzene rings is 1. The third-order valence-corrected chi connectivity index (χ3v) is 3.88. The van der Waals surface area contributed by atoms with Crippen molar-refractivity contribution in [2.24, 2.45) is 0 Å². The molecule has 1 fully saturated rings. The number of carboxylic acids is 1. The fourth-order valence-electron chi connectivity index (χ4n) is 2.62. The normalized spacial score (nSPS) is 17.9. The Hall–Kier alpha value is -1.88. The second-order valence-corrected chi connectivity index (χ2v) is 5.63. The lowest BCUT2D eigenvalue weighted by molar-refractivity contribution is -0.122. The van der Waals surface area contributed by atoms with Crippen molar-refractivity contribution < 1.29 is 19.4 Å². The fraction of sp³-hybridized carbons (Fsp3) is 0.529. The van der Waals surface area contributed by atoms with E-state index in [1.165, 1.54) is 6.42 Å². The van der Waals surface area contributed by atoms with Crippen LogP contribution < -0.4 is 5.32 Å². The summed E-state index contributed by atoms with van der Waals surface area (Å²) in [5.41, 5.74) is 1.19. The van der Waals surface area contributed by atoms with Gasteiger partial charge in [-0.3, -0.25) is 4.79 Å². The molecule has 2 rings (SSSR count). The molecule has 22 heavy (non-hydrogen) atoms. The van der Waals surface area contributed by atoms with Gasteiger partial charge in [0.1, 0.15) is 0 Å². The Morgan fingerprint density at radius 3 is 2.91 bits per heavy atom. The van der Waals surface area contributed by atoms with E-state index in [2.05, 4.69) is 5.32 Å². The molecule has 0 saturated carbocycles. The van der Waals surface area contributed by atoms with Crippen LogP contribution in [0.1, 0.15) is 48.0 Å². The molecule has 1 aliphatic heterocycles. The Kier molecular flexibility index (Phi) is 6.40. The fourth-order valence-corrected chi connectivity index (χ4v) is 2.62. The minimum Gasteiger partial charge on any atom is -0.478 e. The van der Waals surface area contributed by atoms with Crippen LogP contribution >= 0.6 is 0 Å². The summed E-state index contributed by atoms with van der Waals surface area (Å²) < 4.78 is 5.60. The smallest absolute Gasteiger partial charge is 0.335 e. The number of carbonyl (C=O) groups is 2. The number of nitrogens with one attached hydrogen (secondary N) is 1. The molecule has 1 aliphatic rings. The summed E-state index contributed by atoms with van der Waals surface area (Å²) in [6.45, 7) is 1.33. The van der Waals surface area contributed by atoms with Gasteiger partial charge in [0, 0.05) is 19.6 Å². The van der Waals surface area contributed by atoms with Gasteiger partial charge in [0.25, 0.3) is 0 Å². The molecular formula is C17H23NO4. The maximum atomic E-state index is 11.8. The standard InChI is InChI=1S/C17H23NO4/c19-16(8-7-15-6-1-2-11-22-15)18-10-9-13-4-3-5-14(12-13)17(20)21/h3-5,12,15H,1-2,6-11H2,(H,18,19)(H,20,21). The van der Waals surface area contributed by atoms with Gasteiger partial charge >= 0.3 is 5.97 Å². The number of ether oxygens (including phenoxy) is 1. The molecular weight excluding hydrogens is 282 g/mol. The van der Waals surface area contributed by atoms with Crippen LogP contribution in [-0.4, -0.2) is 36.2 Å². The van der Waals surface area contributed by atoms with Crippen LogP contribution in [0.2, 0.25) is 0 Å².